The number of carbonyl (C=O) groups is 2. The number of esters is 1. The van der Waals surface area contributed by atoms with E-state index in [1.165, 1.54) is 4.68 Å². The van der Waals surface area contributed by atoms with Gasteiger partial charge in [-0.1, -0.05) is 5.21 Å². The average molecular weight is 269 g/mol. The first-order valence-electron chi connectivity index (χ1n) is 6.07. The van der Waals surface area contributed by atoms with Crippen LogP contribution in [0.3, 0.4) is 0 Å². The Bertz CT molecular complexity index is 448. The van der Waals surface area contributed by atoms with Gasteiger partial charge in [0.2, 0.25) is 0 Å². The number of aliphatic carboxylic acids is 1. The second kappa shape index (κ2) is 6.31. The van der Waals surface area contributed by atoms with E-state index >= 15 is 0 Å². The third kappa shape index (κ3) is 5.50. The molecule has 0 saturated carbocycles. The van der Waals surface area contributed by atoms with Gasteiger partial charge in [0.15, 0.2) is 6.73 Å². The van der Waals surface area contributed by atoms with Gasteiger partial charge >= 0.3 is 11.9 Å². The Balaban J connectivity index is 2.39. The number of carboxylic acid groups (broad SMARTS) is 1. The van der Waals surface area contributed by atoms with Crippen molar-refractivity contribution in [1.82, 2.24) is 15.0 Å². The number of rotatable bonds is 6. The monoisotopic (exact) mass is 269 g/mol. The van der Waals surface area contributed by atoms with Crippen LogP contribution in [0.15, 0.2) is 6.20 Å². The lowest BCUT2D eigenvalue weighted by molar-refractivity contribution is -0.157. The van der Waals surface area contributed by atoms with Crippen LogP contribution in [0.5, 0.6) is 0 Å². The number of carbonyl (C=O) groups excluding carboxylic acids is 1. The Morgan fingerprint density at radius 1 is 1.42 bits per heavy atom. The fourth-order valence-electron chi connectivity index (χ4n) is 1.28. The predicted molar refractivity (Wildman–Crippen MR) is 66.1 cm³/mol. The van der Waals surface area contributed by atoms with Crippen LogP contribution >= 0.6 is 0 Å². The van der Waals surface area contributed by atoms with Crippen molar-refractivity contribution in [3.8, 4) is 0 Å². The highest BCUT2D eigenvalue weighted by Gasteiger charge is 2.23. The van der Waals surface area contributed by atoms with Crippen LogP contribution in [0, 0.1) is 5.41 Å². The molecule has 0 unspecified atom stereocenters. The predicted octanol–water partition coefficient (Wildman–Crippen LogP) is 1.23. The summed E-state index contributed by atoms with van der Waals surface area (Å²) < 4.78 is 6.49. The van der Waals surface area contributed by atoms with E-state index in [0.717, 1.165) is 0 Å². The summed E-state index contributed by atoms with van der Waals surface area (Å²) in [6.07, 6.45) is 2.80. The van der Waals surface area contributed by atoms with Gasteiger partial charge in [-0.15, -0.1) is 5.10 Å². The minimum atomic E-state index is -0.827. The van der Waals surface area contributed by atoms with Crippen LogP contribution in [0.25, 0.3) is 0 Å². The molecule has 1 N–H and O–H groups in total. The first-order chi connectivity index (χ1) is 8.79. The smallest absolute Gasteiger partial charge is 0.313 e. The molecule has 19 heavy (non-hydrogen) atoms. The summed E-state index contributed by atoms with van der Waals surface area (Å²) in [5.74, 6) is -1.14. The summed E-state index contributed by atoms with van der Waals surface area (Å²) in [5.41, 5.74) is 0.137. The van der Waals surface area contributed by atoms with Crippen molar-refractivity contribution in [2.24, 2.45) is 5.41 Å². The van der Waals surface area contributed by atoms with Crippen molar-refractivity contribution in [3.05, 3.63) is 11.9 Å². The fourth-order valence-corrected chi connectivity index (χ4v) is 1.28. The number of nitrogens with zero attached hydrogens (tertiary/aromatic N) is 3. The Kier molecular flexibility index (Phi) is 5.02. The number of hydrogen-bond acceptors (Lipinski definition) is 5. The molecule has 7 nitrogen and oxygen atoms in total. The topological polar surface area (TPSA) is 94.3 Å². The number of aryl methyl sites for hydroxylation is 1. The summed E-state index contributed by atoms with van der Waals surface area (Å²) in [6.45, 7) is 5.33. The van der Waals surface area contributed by atoms with Gasteiger partial charge in [-0.3, -0.25) is 9.59 Å². The summed E-state index contributed by atoms with van der Waals surface area (Å²) in [4.78, 5) is 21.9. The highest BCUT2D eigenvalue weighted by Crippen LogP contribution is 2.15. The van der Waals surface area contributed by atoms with Crippen LogP contribution in [0.4, 0.5) is 0 Å². The van der Waals surface area contributed by atoms with E-state index in [2.05, 4.69) is 10.3 Å². The second-order valence-corrected chi connectivity index (χ2v) is 5.31. The lowest BCUT2D eigenvalue weighted by Gasteiger charge is -2.15. The normalized spacial score (nSPS) is 11.3. The van der Waals surface area contributed by atoms with Gasteiger partial charge in [-0.25, -0.2) is 4.68 Å². The van der Waals surface area contributed by atoms with Crippen LogP contribution < -0.4 is 0 Å². The number of aromatic nitrogens is 3. The van der Waals surface area contributed by atoms with Gasteiger partial charge in [0, 0.05) is 6.42 Å². The molecule has 0 aromatic carbocycles. The lowest BCUT2D eigenvalue weighted by atomic mass is 9.98. The molecular weight excluding hydrogens is 250 g/mol. The molecule has 0 saturated heterocycles. The molecular formula is C12H19N3O4. The highest BCUT2D eigenvalue weighted by atomic mass is 16.5. The minimum Gasteiger partial charge on any atom is -0.481 e. The zero-order valence-corrected chi connectivity index (χ0v) is 11.4. The van der Waals surface area contributed by atoms with E-state index in [0.29, 0.717) is 18.5 Å². The minimum absolute atomic E-state index is 0.0159. The first kappa shape index (κ1) is 15.1. The van der Waals surface area contributed by atoms with E-state index in [4.69, 9.17) is 9.84 Å². The Morgan fingerprint density at radius 2 is 2.11 bits per heavy atom. The molecule has 7 heteroatoms. The maximum atomic E-state index is 11.5. The molecule has 1 aromatic heterocycles. The Morgan fingerprint density at radius 3 is 2.68 bits per heavy atom. The molecule has 1 rings (SSSR count). The lowest BCUT2D eigenvalue weighted by Crippen LogP contribution is -2.24. The van der Waals surface area contributed by atoms with Crippen molar-refractivity contribution in [2.45, 2.75) is 46.8 Å². The van der Waals surface area contributed by atoms with Crippen LogP contribution in [0.1, 0.15) is 39.3 Å². The van der Waals surface area contributed by atoms with Crippen molar-refractivity contribution in [2.75, 3.05) is 0 Å². The van der Waals surface area contributed by atoms with Crippen molar-refractivity contribution < 1.29 is 19.4 Å². The van der Waals surface area contributed by atoms with Gasteiger partial charge in [0.1, 0.15) is 0 Å². The molecule has 0 spiro atoms. The maximum Gasteiger partial charge on any atom is 0.313 e. The van der Waals surface area contributed by atoms with Gasteiger partial charge in [0.25, 0.3) is 0 Å². The zero-order chi connectivity index (χ0) is 14.5. The third-order valence-corrected chi connectivity index (χ3v) is 2.35. The molecule has 0 radical (unpaired) electrons. The van der Waals surface area contributed by atoms with Crippen molar-refractivity contribution >= 4 is 11.9 Å². The van der Waals surface area contributed by atoms with E-state index < -0.39 is 11.4 Å². The second-order valence-electron chi connectivity index (χ2n) is 5.31. The van der Waals surface area contributed by atoms with Crippen molar-refractivity contribution in [3.63, 3.8) is 0 Å². The van der Waals surface area contributed by atoms with E-state index in [1.807, 2.05) is 0 Å². The number of hydrogen-bond donors (Lipinski definition) is 1. The van der Waals surface area contributed by atoms with E-state index in [9.17, 15) is 9.59 Å². The number of carboxylic acids is 1. The first-order valence-corrected chi connectivity index (χ1v) is 6.07. The van der Waals surface area contributed by atoms with Crippen LogP contribution in [-0.4, -0.2) is 32.0 Å². The summed E-state index contributed by atoms with van der Waals surface area (Å²) in [5, 5.41) is 16.2. The molecule has 1 heterocycles. The molecule has 0 aliphatic carbocycles. The maximum absolute atomic E-state index is 11.5. The SMILES string of the molecule is CC(C)(C)C(=O)OCn1cc(CCCC(=O)O)nn1. The standard InChI is InChI=1S/C12H19N3O4/c1-12(2,3)11(18)19-8-15-7-9(13-14-15)5-4-6-10(16)17/h7H,4-6,8H2,1-3H3,(H,16,17). The zero-order valence-electron chi connectivity index (χ0n) is 11.4. The number of ether oxygens (including phenoxy) is 1. The molecule has 1 aromatic rings. The van der Waals surface area contributed by atoms with Crippen LogP contribution in [-0.2, 0) is 27.5 Å². The summed E-state index contributed by atoms with van der Waals surface area (Å²) in [6, 6.07) is 0. The molecule has 0 atom stereocenters. The molecule has 0 amide bonds. The highest BCUT2D eigenvalue weighted by molar-refractivity contribution is 5.75. The molecule has 0 aliphatic heterocycles. The summed E-state index contributed by atoms with van der Waals surface area (Å²) in [7, 11) is 0. The van der Waals surface area contributed by atoms with Gasteiger partial charge in [0.05, 0.1) is 17.3 Å². The van der Waals surface area contributed by atoms with E-state index in [1.54, 1.807) is 27.0 Å². The molecule has 0 fully saturated rings. The van der Waals surface area contributed by atoms with Crippen LogP contribution in [0.2, 0.25) is 0 Å². The summed E-state index contributed by atoms with van der Waals surface area (Å²) >= 11 is 0. The Labute approximate surface area is 111 Å². The molecule has 0 aliphatic rings. The van der Waals surface area contributed by atoms with Gasteiger partial charge in [-0.05, 0) is 33.6 Å². The quantitative estimate of drug-likeness (QED) is 0.780. The van der Waals surface area contributed by atoms with Gasteiger partial charge < -0.3 is 9.84 Å². The molecule has 0 bridgehead atoms. The molecule has 106 valence electrons. The van der Waals surface area contributed by atoms with Crippen molar-refractivity contribution in [1.29, 1.82) is 0 Å². The average Bonchev–Trinajstić information content (AvgIpc) is 2.72. The van der Waals surface area contributed by atoms with E-state index in [-0.39, 0.29) is 19.1 Å². The fraction of sp³-hybridized carbons (Fsp3) is 0.667. The third-order valence-electron chi connectivity index (χ3n) is 2.35. The largest absolute Gasteiger partial charge is 0.481 e. The van der Waals surface area contributed by atoms with Gasteiger partial charge in [-0.2, -0.15) is 0 Å². The Hall–Kier alpha value is -1.92.